The van der Waals surface area contributed by atoms with Gasteiger partial charge >= 0.3 is 0 Å². The molecule has 172 valence electrons. The second-order valence-electron chi connectivity index (χ2n) is 7.29. The largest absolute Gasteiger partial charge is 0.494 e. The Morgan fingerprint density at radius 3 is 2.36 bits per heavy atom. The first kappa shape index (κ1) is 23.3. The number of rotatable bonds is 7. The van der Waals surface area contributed by atoms with Gasteiger partial charge in [0.25, 0.3) is 11.8 Å². The van der Waals surface area contributed by atoms with Crippen LogP contribution in [0.25, 0.3) is 6.08 Å². The van der Waals surface area contributed by atoms with Gasteiger partial charge in [0, 0.05) is 13.1 Å². The van der Waals surface area contributed by atoms with Crippen LogP contribution in [0.4, 0.5) is 5.69 Å². The van der Waals surface area contributed by atoms with E-state index in [-0.39, 0.29) is 18.4 Å². The van der Waals surface area contributed by atoms with Crippen LogP contribution in [0.5, 0.6) is 11.5 Å². The van der Waals surface area contributed by atoms with E-state index in [0.717, 1.165) is 11.3 Å². The Morgan fingerprint density at radius 1 is 1.06 bits per heavy atom. The zero-order valence-corrected chi connectivity index (χ0v) is 19.8. The Kier molecular flexibility index (Phi) is 7.64. The number of thiocarbonyl (C=S) groups is 1. The van der Waals surface area contributed by atoms with Crippen molar-refractivity contribution < 1.29 is 23.8 Å². The summed E-state index contributed by atoms with van der Waals surface area (Å²) < 4.78 is 16.8. The SMILES string of the molecule is CCOc1ccc(N2C(=O)/C(=C\c3ccc(OCC(=O)N4CCOCC4)cc3)SC2=S)cc1. The fourth-order valence-electron chi connectivity index (χ4n) is 3.41. The molecule has 9 heteroatoms. The number of nitrogens with zero attached hydrogens (tertiary/aromatic N) is 2. The molecular weight excluding hydrogens is 460 g/mol. The molecule has 0 radical (unpaired) electrons. The Morgan fingerprint density at radius 2 is 1.70 bits per heavy atom. The predicted octanol–water partition coefficient (Wildman–Crippen LogP) is 3.73. The third-order valence-electron chi connectivity index (χ3n) is 5.10. The molecule has 2 aliphatic rings. The predicted molar refractivity (Wildman–Crippen MR) is 133 cm³/mol. The molecule has 0 aliphatic carbocycles. The molecule has 33 heavy (non-hydrogen) atoms. The summed E-state index contributed by atoms with van der Waals surface area (Å²) in [4.78, 5) is 29.0. The molecule has 7 nitrogen and oxygen atoms in total. The van der Waals surface area contributed by atoms with E-state index in [1.165, 1.54) is 16.7 Å². The zero-order valence-electron chi connectivity index (χ0n) is 18.2. The Labute approximate surface area is 202 Å². The van der Waals surface area contributed by atoms with Crippen molar-refractivity contribution in [3.63, 3.8) is 0 Å². The van der Waals surface area contributed by atoms with Crippen molar-refractivity contribution in [3.05, 3.63) is 59.0 Å². The average Bonchev–Trinajstić information content (AvgIpc) is 3.12. The summed E-state index contributed by atoms with van der Waals surface area (Å²) in [5.74, 6) is 1.12. The number of carbonyl (C=O) groups excluding carboxylic acids is 2. The van der Waals surface area contributed by atoms with Gasteiger partial charge in [0.05, 0.1) is 30.4 Å². The van der Waals surface area contributed by atoms with Gasteiger partial charge in [0.15, 0.2) is 10.9 Å². The van der Waals surface area contributed by atoms with Gasteiger partial charge in [-0.3, -0.25) is 14.5 Å². The van der Waals surface area contributed by atoms with Crippen molar-refractivity contribution in [1.82, 2.24) is 4.90 Å². The van der Waals surface area contributed by atoms with Crippen molar-refractivity contribution in [1.29, 1.82) is 0 Å². The lowest BCUT2D eigenvalue weighted by Gasteiger charge is -2.26. The first-order valence-corrected chi connectivity index (χ1v) is 11.9. The van der Waals surface area contributed by atoms with Gasteiger partial charge in [-0.15, -0.1) is 0 Å². The molecule has 2 aromatic rings. The molecule has 2 aliphatic heterocycles. The minimum absolute atomic E-state index is 0.0138. The van der Waals surface area contributed by atoms with Crippen LogP contribution in [-0.4, -0.2) is 60.6 Å². The number of ether oxygens (including phenoxy) is 3. The van der Waals surface area contributed by atoms with Gasteiger partial charge in [0.2, 0.25) is 0 Å². The summed E-state index contributed by atoms with van der Waals surface area (Å²) in [5, 5.41) is 0. The lowest BCUT2D eigenvalue weighted by Crippen LogP contribution is -2.42. The maximum atomic E-state index is 13.0. The van der Waals surface area contributed by atoms with Crippen molar-refractivity contribution in [2.45, 2.75) is 6.92 Å². The summed E-state index contributed by atoms with van der Waals surface area (Å²) in [6.45, 7) is 4.80. The molecule has 2 fully saturated rings. The molecule has 0 bridgehead atoms. The van der Waals surface area contributed by atoms with Crippen molar-refractivity contribution >= 4 is 51.9 Å². The molecule has 0 atom stereocenters. The molecular formula is C24H24N2O5S2. The molecule has 2 amide bonds. The third-order valence-corrected chi connectivity index (χ3v) is 6.41. The number of anilines is 1. The van der Waals surface area contributed by atoms with Crippen LogP contribution in [0.15, 0.2) is 53.4 Å². The van der Waals surface area contributed by atoms with E-state index in [1.54, 1.807) is 23.1 Å². The number of hydrogen-bond donors (Lipinski definition) is 0. The quantitative estimate of drug-likeness (QED) is 0.438. The lowest BCUT2D eigenvalue weighted by atomic mass is 10.2. The fourth-order valence-corrected chi connectivity index (χ4v) is 4.71. The van der Waals surface area contributed by atoms with Crippen LogP contribution in [0.2, 0.25) is 0 Å². The first-order chi connectivity index (χ1) is 16.0. The van der Waals surface area contributed by atoms with Crippen LogP contribution in [0.1, 0.15) is 12.5 Å². The van der Waals surface area contributed by atoms with E-state index in [4.69, 9.17) is 26.4 Å². The zero-order chi connectivity index (χ0) is 23.2. The second kappa shape index (κ2) is 10.8. The van der Waals surface area contributed by atoms with Crippen LogP contribution in [0.3, 0.4) is 0 Å². The Balaban J connectivity index is 1.37. The minimum Gasteiger partial charge on any atom is -0.494 e. The highest BCUT2D eigenvalue weighted by Gasteiger charge is 2.33. The highest BCUT2D eigenvalue weighted by molar-refractivity contribution is 8.27. The highest BCUT2D eigenvalue weighted by atomic mass is 32.2. The molecule has 4 rings (SSSR count). The fraction of sp³-hybridized carbons (Fsp3) is 0.292. The van der Waals surface area contributed by atoms with Gasteiger partial charge in [-0.05, 0) is 55.0 Å². The van der Waals surface area contributed by atoms with Gasteiger partial charge in [-0.25, -0.2) is 0 Å². The molecule has 2 heterocycles. The lowest BCUT2D eigenvalue weighted by molar-refractivity contribution is -0.137. The molecule has 0 saturated carbocycles. The number of amides is 2. The minimum atomic E-state index is -0.161. The molecule has 0 aromatic heterocycles. The van der Waals surface area contributed by atoms with Gasteiger partial charge in [-0.2, -0.15) is 0 Å². The monoisotopic (exact) mass is 484 g/mol. The Bertz CT molecular complexity index is 1050. The van der Waals surface area contributed by atoms with E-state index < -0.39 is 0 Å². The van der Waals surface area contributed by atoms with E-state index in [1.807, 2.05) is 43.3 Å². The summed E-state index contributed by atoms with van der Waals surface area (Å²) in [7, 11) is 0. The molecule has 2 saturated heterocycles. The van der Waals surface area contributed by atoms with Crippen LogP contribution < -0.4 is 14.4 Å². The summed E-state index contributed by atoms with van der Waals surface area (Å²) in [6.07, 6.45) is 1.80. The molecule has 0 unspecified atom stereocenters. The normalized spacial score (nSPS) is 17.5. The average molecular weight is 485 g/mol. The summed E-state index contributed by atoms with van der Waals surface area (Å²) in [5.41, 5.74) is 1.55. The van der Waals surface area contributed by atoms with E-state index in [2.05, 4.69) is 0 Å². The van der Waals surface area contributed by atoms with Gasteiger partial charge in [0.1, 0.15) is 11.5 Å². The topological polar surface area (TPSA) is 68.3 Å². The summed E-state index contributed by atoms with van der Waals surface area (Å²) in [6, 6.07) is 14.5. The van der Waals surface area contributed by atoms with Crippen molar-refractivity contribution in [3.8, 4) is 11.5 Å². The van der Waals surface area contributed by atoms with Crippen LogP contribution in [-0.2, 0) is 14.3 Å². The number of benzene rings is 2. The van der Waals surface area contributed by atoms with E-state index >= 15 is 0 Å². The number of hydrogen-bond acceptors (Lipinski definition) is 7. The molecule has 0 N–H and O–H groups in total. The molecule has 2 aromatic carbocycles. The first-order valence-electron chi connectivity index (χ1n) is 10.6. The van der Waals surface area contributed by atoms with Crippen molar-refractivity contribution in [2.24, 2.45) is 0 Å². The Hall–Kier alpha value is -2.88. The van der Waals surface area contributed by atoms with Crippen LogP contribution in [0, 0.1) is 0 Å². The number of morpholine rings is 1. The smallest absolute Gasteiger partial charge is 0.270 e. The summed E-state index contributed by atoms with van der Waals surface area (Å²) >= 11 is 6.71. The van der Waals surface area contributed by atoms with Crippen molar-refractivity contribution in [2.75, 3.05) is 44.4 Å². The van der Waals surface area contributed by atoms with E-state index in [9.17, 15) is 9.59 Å². The molecule has 0 spiro atoms. The van der Waals surface area contributed by atoms with Gasteiger partial charge in [-0.1, -0.05) is 36.1 Å². The highest BCUT2D eigenvalue weighted by Crippen LogP contribution is 2.36. The van der Waals surface area contributed by atoms with Gasteiger partial charge < -0.3 is 19.1 Å². The standard InChI is InChI=1S/C24H24N2O5S2/c1-2-30-19-9-5-18(6-10-19)26-23(28)21(33-24(26)32)15-17-3-7-20(8-4-17)31-16-22(27)25-11-13-29-14-12-25/h3-10,15H,2,11-14,16H2,1H3/b21-15+. The second-order valence-corrected chi connectivity index (χ2v) is 8.97. The van der Waals surface area contributed by atoms with E-state index in [0.29, 0.717) is 53.6 Å². The maximum absolute atomic E-state index is 13.0. The maximum Gasteiger partial charge on any atom is 0.270 e. The number of carbonyl (C=O) groups is 2. The number of thioether (sulfide) groups is 1. The third kappa shape index (κ3) is 5.73. The van der Waals surface area contributed by atoms with Crippen LogP contribution >= 0.6 is 24.0 Å².